The van der Waals surface area contributed by atoms with Crippen molar-refractivity contribution >= 4 is 29.9 Å². The summed E-state index contributed by atoms with van der Waals surface area (Å²) < 4.78 is 33.8. The molecule has 2 atom stereocenters. The van der Waals surface area contributed by atoms with E-state index in [9.17, 15) is 7.48 Å². The van der Waals surface area contributed by atoms with Crippen molar-refractivity contribution in [1.82, 2.24) is 0 Å². The molecular weight excluding hydrogens is 238 g/mol. The molecule has 2 unspecified atom stereocenters. The van der Waals surface area contributed by atoms with Gasteiger partial charge in [0.05, 0.1) is 0 Å². The van der Waals surface area contributed by atoms with Crippen molar-refractivity contribution < 1.29 is 15.7 Å². The van der Waals surface area contributed by atoms with E-state index < -0.39 is 29.9 Å². The molecule has 0 saturated heterocycles. The summed E-state index contributed by atoms with van der Waals surface area (Å²) in [5.74, 6) is 0. The van der Waals surface area contributed by atoms with Gasteiger partial charge in [0.1, 0.15) is 0 Å². The van der Waals surface area contributed by atoms with Gasteiger partial charge in [0, 0.05) is 0 Å². The summed E-state index contributed by atoms with van der Waals surface area (Å²) in [6.45, 7) is 0. The Kier molecular flexibility index (Phi) is 10.9. The van der Waals surface area contributed by atoms with Gasteiger partial charge in [-0.25, -0.2) is 0 Å². The van der Waals surface area contributed by atoms with Gasteiger partial charge in [0.25, 0.3) is 0 Å². The fraction of sp³-hybridized carbons (Fsp3) is 1.00. The van der Waals surface area contributed by atoms with Crippen LogP contribution in [0.15, 0.2) is 0 Å². The van der Waals surface area contributed by atoms with E-state index in [1.165, 1.54) is 11.4 Å². The molecule has 6 heteroatoms. The molecule has 0 heterocycles. The van der Waals surface area contributed by atoms with Crippen LogP contribution in [-0.2, 0) is 7.48 Å². The molecule has 0 aliphatic heterocycles. The number of rotatable bonds is 0. The molecule has 2 N–H and O–H groups in total. The summed E-state index contributed by atoms with van der Waals surface area (Å²) in [5.41, 5.74) is 2.67. The van der Waals surface area contributed by atoms with Gasteiger partial charge in [-0.2, -0.15) is 0 Å². The first kappa shape index (κ1) is 11.4. The summed E-state index contributed by atoms with van der Waals surface area (Å²) in [5, 5.41) is 0. The molecule has 0 aromatic carbocycles. The zero-order chi connectivity index (χ0) is 7.15. The van der Waals surface area contributed by atoms with Crippen molar-refractivity contribution in [2.45, 2.75) is 11.4 Å². The third kappa shape index (κ3) is 520. The molecular formula is C2H10As2O4. The van der Waals surface area contributed by atoms with E-state index in [0.717, 1.165) is 0 Å². The molecule has 0 saturated carbocycles. The Morgan fingerprint density at radius 1 is 1.00 bits per heavy atom. The van der Waals surface area contributed by atoms with Crippen LogP contribution in [0.25, 0.3) is 0 Å². The van der Waals surface area contributed by atoms with Crippen molar-refractivity contribution in [3.05, 3.63) is 0 Å². The Balaban J connectivity index is 0. The second-order valence-corrected chi connectivity index (χ2v) is 5.39. The summed E-state index contributed by atoms with van der Waals surface area (Å²) >= 11 is -5.17. The standard InChI is InChI=1S/2CH5AsO2/c2*1-2(3)4/h2*2H,1H3,(H,3,4). The van der Waals surface area contributed by atoms with Crippen molar-refractivity contribution in [3.8, 4) is 0 Å². The number of hydrogen-bond donors (Lipinski definition) is 2. The molecule has 0 amide bonds. The minimum atomic E-state index is -2.58. The predicted octanol–water partition coefficient (Wildman–Crippen LogP) is -1.48. The van der Waals surface area contributed by atoms with Crippen molar-refractivity contribution in [2.24, 2.45) is 0 Å². The molecule has 4 nitrogen and oxygen atoms in total. The fourth-order valence-corrected chi connectivity index (χ4v) is 0. The maximum atomic E-state index is 9.25. The van der Waals surface area contributed by atoms with E-state index >= 15 is 0 Å². The Morgan fingerprint density at radius 2 is 1.00 bits per heavy atom. The average Bonchev–Trinajstić information content (AvgIpc) is 1.25. The molecule has 0 radical (unpaired) electrons. The Morgan fingerprint density at radius 3 is 1.00 bits per heavy atom. The molecule has 0 rings (SSSR count). The van der Waals surface area contributed by atoms with E-state index in [1.54, 1.807) is 0 Å². The molecule has 0 aromatic rings. The first-order valence-corrected chi connectivity index (χ1v) is 9.64. The van der Waals surface area contributed by atoms with Crippen molar-refractivity contribution in [1.29, 1.82) is 0 Å². The van der Waals surface area contributed by atoms with Crippen molar-refractivity contribution in [2.75, 3.05) is 0 Å². The second kappa shape index (κ2) is 7.64. The van der Waals surface area contributed by atoms with Gasteiger partial charge < -0.3 is 0 Å². The molecule has 0 fully saturated rings. The SMILES string of the molecule is C[AsH](=O)O.C[AsH](=O)O. The van der Waals surface area contributed by atoms with Gasteiger partial charge in [-0.1, -0.05) is 0 Å². The molecule has 0 aromatic heterocycles. The van der Waals surface area contributed by atoms with Crippen LogP contribution >= 0.6 is 0 Å². The third-order valence-corrected chi connectivity index (χ3v) is 0. The van der Waals surface area contributed by atoms with Gasteiger partial charge in [-0.3, -0.25) is 0 Å². The summed E-state index contributed by atoms with van der Waals surface area (Å²) in [6, 6.07) is 0. The average molecular weight is 248 g/mol. The zero-order valence-electron chi connectivity index (χ0n) is 4.71. The Hall–Kier alpha value is 0.637. The van der Waals surface area contributed by atoms with Gasteiger partial charge >= 0.3 is 57.0 Å². The third-order valence-electron chi connectivity index (χ3n) is 0. The van der Waals surface area contributed by atoms with Gasteiger partial charge in [0.2, 0.25) is 0 Å². The van der Waals surface area contributed by atoms with E-state index in [0.29, 0.717) is 0 Å². The van der Waals surface area contributed by atoms with Gasteiger partial charge in [0.15, 0.2) is 0 Å². The van der Waals surface area contributed by atoms with Crippen LogP contribution in [-0.4, -0.2) is 38.1 Å². The predicted molar refractivity (Wildman–Crippen MR) is 31.8 cm³/mol. The molecule has 0 aliphatic carbocycles. The first-order valence-electron chi connectivity index (χ1n) is 1.86. The second-order valence-electron chi connectivity index (χ2n) is 1.04. The maximum absolute atomic E-state index is 9.25. The van der Waals surface area contributed by atoms with Crippen LogP contribution in [0.5, 0.6) is 0 Å². The summed E-state index contributed by atoms with van der Waals surface area (Å²) in [4.78, 5) is 0. The quantitative estimate of drug-likeness (QED) is 0.512. The van der Waals surface area contributed by atoms with E-state index in [4.69, 9.17) is 8.19 Å². The van der Waals surface area contributed by atoms with Crippen LogP contribution in [0.3, 0.4) is 0 Å². The molecule has 0 spiro atoms. The molecule has 52 valence electrons. The molecule has 0 aliphatic rings. The summed E-state index contributed by atoms with van der Waals surface area (Å²) in [7, 11) is 0. The van der Waals surface area contributed by atoms with Crippen LogP contribution in [0.1, 0.15) is 0 Å². The van der Waals surface area contributed by atoms with E-state index in [2.05, 4.69) is 0 Å². The zero-order valence-corrected chi connectivity index (χ0v) is 8.91. The van der Waals surface area contributed by atoms with Crippen LogP contribution in [0, 0.1) is 0 Å². The van der Waals surface area contributed by atoms with Crippen LogP contribution < -0.4 is 0 Å². The number of hydrogen-bond acceptors (Lipinski definition) is 2. The van der Waals surface area contributed by atoms with E-state index in [-0.39, 0.29) is 0 Å². The fourth-order valence-electron chi connectivity index (χ4n) is 0. The van der Waals surface area contributed by atoms with Crippen LogP contribution in [0.2, 0.25) is 11.4 Å². The normalized spacial score (nSPS) is 15.5. The monoisotopic (exact) mass is 248 g/mol. The Bertz CT molecular complexity index is 70.0. The minimum absolute atomic E-state index is 1.33. The topological polar surface area (TPSA) is 74.6 Å². The van der Waals surface area contributed by atoms with Gasteiger partial charge in [-0.05, 0) is 0 Å². The van der Waals surface area contributed by atoms with Crippen LogP contribution in [0.4, 0.5) is 0 Å². The molecule has 8 heavy (non-hydrogen) atoms. The Labute approximate surface area is 57.2 Å². The first-order chi connectivity index (χ1) is 3.46. The van der Waals surface area contributed by atoms with Crippen molar-refractivity contribution in [3.63, 3.8) is 0 Å². The van der Waals surface area contributed by atoms with E-state index in [1.807, 2.05) is 0 Å². The molecule has 0 bridgehead atoms. The summed E-state index contributed by atoms with van der Waals surface area (Å²) in [6.07, 6.45) is 0. The van der Waals surface area contributed by atoms with Gasteiger partial charge in [-0.15, -0.1) is 0 Å².